The largest absolute Gasteiger partial charge is 0.468 e. The predicted octanol–water partition coefficient (Wildman–Crippen LogP) is 3.80. The first-order valence-corrected chi connectivity index (χ1v) is 10.9. The van der Waals surface area contributed by atoms with Gasteiger partial charge in [0.1, 0.15) is 5.76 Å². The summed E-state index contributed by atoms with van der Waals surface area (Å²) in [6.07, 6.45) is 2.89. The molecule has 0 unspecified atom stereocenters. The van der Waals surface area contributed by atoms with Crippen LogP contribution in [0, 0.1) is 0 Å². The Balaban J connectivity index is 1.62. The highest BCUT2D eigenvalue weighted by Gasteiger charge is 2.27. The van der Waals surface area contributed by atoms with Gasteiger partial charge in [-0.3, -0.25) is 4.79 Å². The van der Waals surface area contributed by atoms with Gasteiger partial charge in [0.2, 0.25) is 15.9 Å². The quantitative estimate of drug-likeness (QED) is 0.594. The van der Waals surface area contributed by atoms with Gasteiger partial charge in [0.25, 0.3) is 0 Å². The lowest BCUT2D eigenvalue weighted by Crippen LogP contribution is -2.30. The predicted molar refractivity (Wildman–Crippen MR) is 110 cm³/mol. The van der Waals surface area contributed by atoms with Crippen LogP contribution in [-0.4, -0.2) is 25.2 Å². The maximum atomic E-state index is 13.4. The highest BCUT2D eigenvalue weighted by atomic mass is 32.2. The number of anilines is 1. The number of carbonyl (C=O) groups excluding carboxylic acids is 1. The highest BCUT2D eigenvalue weighted by molar-refractivity contribution is 7.89. The standard InChI is InChI=1S/C22H22N2O4S/c25-22-9-4-14-24(22)19-10-12-21(13-11-19)29(26,27)23(17-20-8-5-15-28-20)16-18-6-2-1-3-7-18/h1-3,5-8,10-13,15H,4,9,14,16-17H2. The lowest BCUT2D eigenvalue weighted by Gasteiger charge is -2.22. The van der Waals surface area contributed by atoms with E-state index in [1.165, 1.54) is 10.6 Å². The van der Waals surface area contributed by atoms with Crippen molar-refractivity contribution in [3.8, 4) is 0 Å². The minimum Gasteiger partial charge on any atom is -0.468 e. The Morgan fingerprint density at radius 1 is 0.931 bits per heavy atom. The summed E-state index contributed by atoms with van der Waals surface area (Å²) < 4.78 is 33.5. The van der Waals surface area contributed by atoms with E-state index in [0.717, 1.165) is 17.7 Å². The summed E-state index contributed by atoms with van der Waals surface area (Å²) in [5.41, 5.74) is 1.62. The van der Waals surface area contributed by atoms with Gasteiger partial charge >= 0.3 is 0 Å². The zero-order valence-corrected chi connectivity index (χ0v) is 16.7. The molecule has 1 amide bonds. The minimum absolute atomic E-state index is 0.0733. The number of furan rings is 1. The van der Waals surface area contributed by atoms with Crippen molar-refractivity contribution in [2.45, 2.75) is 30.8 Å². The number of carbonyl (C=O) groups is 1. The van der Waals surface area contributed by atoms with Crippen LogP contribution in [0.15, 0.2) is 82.3 Å². The molecule has 150 valence electrons. The molecule has 0 saturated carbocycles. The van der Waals surface area contributed by atoms with Crippen LogP contribution in [0.1, 0.15) is 24.2 Å². The number of sulfonamides is 1. The summed E-state index contributed by atoms with van der Waals surface area (Å²) in [4.78, 5) is 13.8. The molecule has 0 atom stereocenters. The van der Waals surface area contributed by atoms with E-state index in [1.807, 2.05) is 30.3 Å². The summed E-state index contributed by atoms with van der Waals surface area (Å²) in [6, 6.07) is 19.5. The van der Waals surface area contributed by atoms with Crippen LogP contribution < -0.4 is 4.90 Å². The van der Waals surface area contributed by atoms with E-state index in [0.29, 0.717) is 18.7 Å². The summed E-state index contributed by atoms with van der Waals surface area (Å²) in [7, 11) is -3.76. The lowest BCUT2D eigenvalue weighted by molar-refractivity contribution is -0.117. The van der Waals surface area contributed by atoms with Crippen molar-refractivity contribution in [2.75, 3.05) is 11.4 Å². The van der Waals surface area contributed by atoms with Gasteiger partial charge in [0.15, 0.2) is 0 Å². The van der Waals surface area contributed by atoms with Gasteiger partial charge in [0.05, 0.1) is 17.7 Å². The van der Waals surface area contributed by atoms with E-state index >= 15 is 0 Å². The average molecular weight is 410 g/mol. The van der Waals surface area contributed by atoms with Crippen LogP contribution in [0.2, 0.25) is 0 Å². The van der Waals surface area contributed by atoms with Crippen LogP contribution in [0.4, 0.5) is 5.69 Å². The molecule has 6 nitrogen and oxygen atoms in total. The van der Waals surface area contributed by atoms with Crippen molar-refractivity contribution in [1.29, 1.82) is 0 Å². The van der Waals surface area contributed by atoms with Crippen molar-refractivity contribution in [2.24, 2.45) is 0 Å². The molecule has 0 aliphatic carbocycles. The smallest absolute Gasteiger partial charge is 0.243 e. The topological polar surface area (TPSA) is 70.8 Å². The first-order chi connectivity index (χ1) is 14.0. The molecule has 0 bridgehead atoms. The van der Waals surface area contributed by atoms with Gasteiger partial charge in [-0.15, -0.1) is 0 Å². The Morgan fingerprint density at radius 3 is 2.31 bits per heavy atom. The zero-order chi connectivity index (χ0) is 20.3. The molecule has 1 aliphatic rings. The lowest BCUT2D eigenvalue weighted by atomic mass is 10.2. The molecule has 1 saturated heterocycles. The molecule has 29 heavy (non-hydrogen) atoms. The maximum Gasteiger partial charge on any atom is 0.243 e. The Kier molecular flexibility index (Phi) is 5.51. The molecule has 0 radical (unpaired) electrons. The summed E-state index contributed by atoms with van der Waals surface area (Å²) in [5.74, 6) is 0.646. The van der Waals surface area contributed by atoms with Gasteiger partial charge in [-0.25, -0.2) is 8.42 Å². The zero-order valence-electron chi connectivity index (χ0n) is 15.9. The third-order valence-corrected chi connectivity index (χ3v) is 6.78. The third-order valence-electron chi connectivity index (χ3n) is 4.97. The fourth-order valence-electron chi connectivity index (χ4n) is 3.46. The highest BCUT2D eigenvalue weighted by Crippen LogP contribution is 2.26. The van der Waals surface area contributed by atoms with Crippen molar-refractivity contribution in [3.63, 3.8) is 0 Å². The Labute approximate surface area is 170 Å². The molecule has 1 aliphatic heterocycles. The Morgan fingerprint density at radius 2 is 1.69 bits per heavy atom. The van der Waals surface area contributed by atoms with E-state index in [2.05, 4.69) is 0 Å². The van der Waals surface area contributed by atoms with Gasteiger partial charge in [0, 0.05) is 25.2 Å². The van der Waals surface area contributed by atoms with Gasteiger partial charge in [-0.2, -0.15) is 4.31 Å². The van der Waals surface area contributed by atoms with E-state index in [9.17, 15) is 13.2 Å². The molecule has 4 rings (SSSR count). The van der Waals surface area contributed by atoms with E-state index in [4.69, 9.17) is 4.42 Å². The third kappa shape index (κ3) is 4.26. The number of hydrogen-bond acceptors (Lipinski definition) is 4. The second-order valence-corrected chi connectivity index (χ2v) is 8.92. The second-order valence-electron chi connectivity index (χ2n) is 6.98. The summed E-state index contributed by atoms with van der Waals surface area (Å²) >= 11 is 0. The van der Waals surface area contributed by atoms with Crippen molar-refractivity contribution < 1.29 is 17.6 Å². The van der Waals surface area contributed by atoms with Crippen LogP contribution in [0.25, 0.3) is 0 Å². The van der Waals surface area contributed by atoms with Crippen LogP contribution >= 0.6 is 0 Å². The number of rotatable bonds is 7. The second kappa shape index (κ2) is 8.23. The van der Waals surface area contributed by atoms with E-state index in [-0.39, 0.29) is 23.9 Å². The first kappa shape index (κ1) is 19.4. The molecular formula is C22H22N2O4S. The summed E-state index contributed by atoms with van der Waals surface area (Å²) in [5, 5.41) is 0. The van der Waals surface area contributed by atoms with Crippen molar-refractivity contribution in [1.82, 2.24) is 4.31 Å². The molecule has 1 fully saturated rings. The fraction of sp³-hybridized carbons (Fsp3) is 0.227. The molecule has 7 heteroatoms. The van der Waals surface area contributed by atoms with Crippen molar-refractivity contribution >= 4 is 21.6 Å². The number of nitrogens with zero attached hydrogens (tertiary/aromatic N) is 2. The SMILES string of the molecule is O=C1CCCN1c1ccc(S(=O)(=O)N(Cc2ccccc2)Cc2ccco2)cc1. The molecule has 2 heterocycles. The fourth-order valence-corrected chi connectivity index (χ4v) is 4.85. The van der Waals surface area contributed by atoms with Crippen LogP contribution in [0.3, 0.4) is 0 Å². The van der Waals surface area contributed by atoms with Crippen LogP contribution in [0.5, 0.6) is 0 Å². The Bertz CT molecular complexity index is 1060. The first-order valence-electron chi connectivity index (χ1n) is 9.51. The molecular weight excluding hydrogens is 388 g/mol. The number of benzene rings is 2. The Hall–Kier alpha value is -2.90. The van der Waals surface area contributed by atoms with E-state index < -0.39 is 10.0 Å². The monoisotopic (exact) mass is 410 g/mol. The minimum atomic E-state index is -3.76. The molecule has 1 aromatic heterocycles. The maximum absolute atomic E-state index is 13.4. The number of hydrogen-bond donors (Lipinski definition) is 0. The number of amides is 1. The van der Waals surface area contributed by atoms with Crippen molar-refractivity contribution in [3.05, 3.63) is 84.3 Å². The van der Waals surface area contributed by atoms with Gasteiger partial charge in [-0.1, -0.05) is 30.3 Å². The molecule has 2 aromatic carbocycles. The average Bonchev–Trinajstić information content (AvgIpc) is 3.40. The van der Waals surface area contributed by atoms with Gasteiger partial charge < -0.3 is 9.32 Å². The van der Waals surface area contributed by atoms with E-state index in [1.54, 1.807) is 41.3 Å². The molecule has 0 N–H and O–H groups in total. The van der Waals surface area contributed by atoms with Gasteiger partial charge in [-0.05, 0) is 48.4 Å². The van der Waals surface area contributed by atoms with Crippen LogP contribution in [-0.2, 0) is 27.9 Å². The normalized spacial score (nSPS) is 14.7. The molecule has 0 spiro atoms. The molecule has 3 aromatic rings. The summed E-state index contributed by atoms with van der Waals surface area (Å²) in [6.45, 7) is 1.04.